The zero-order chi connectivity index (χ0) is 21.5. The molecule has 8 nitrogen and oxygen atoms in total. The molecular weight excluding hydrogens is 404 g/mol. The number of rotatable bonds is 4. The minimum absolute atomic E-state index is 0.0487. The number of para-hydroxylation sites is 2. The topological polar surface area (TPSA) is 82.9 Å². The average molecular weight is 429 g/mol. The second kappa shape index (κ2) is 7.82. The highest BCUT2D eigenvalue weighted by molar-refractivity contribution is 7.86. The fraction of sp³-hybridized carbons (Fsp3) is 0.333. The Morgan fingerprint density at radius 1 is 0.900 bits per heavy atom. The smallest absolute Gasteiger partial charge is 0.281 e. The Labute approximate surface area is 175 Å². The second-order valence-corrected chi connectivity index (χ2v) is 9.66. The van der Waals surface area contributed by atoms with E-state index in [1.54, 1.807) is 17.0 Å². The molecule has 3 aromatic rings. The molecule has 1 amide bonds. The summed E-state index contributed by atoms with van der Waals surface area (Å²) in [6.07, 6.45) is 0. The summed E-state index contributed by atoms with van der Waals surface area (Å²) in [6.45, 7) is 1.28. The van der Waals surface area contributed by atoms with Gasteiger partial charge in [-0.1, -0.05) is 24.3 Å². The molecule has 0 radical (unpaired) electrons. The Hall–Kier alpha value is -2.75. The lowest BCUT2D eigenvalue weighted by molar-refractivity contribution is -0.132. The predicted molar refractivity (Wildman–Crippen MR) is 116 cm³/mol. The minimum Gasteiger partial charge on any atom is -0.339 e. The maximum Gasteiger partial charge on any atom is 0.281 e. The van der Waals surface area contributed by atoms with Gasteiger partial charge in [-0.25, -0.2) is 0 Å². The van der Waals surface area contributed by atoms with Crippen LogP contribution in [0.25, 0.3) is 21.8 Å². The lowest BCUT2D eigenvalue weighted by Gasteiger charge is -2.35. The zero-order valence-corrected chi connectivity index (χ0v) is 17.8. The molecule has 1 fully saturated rings. The summed E-state index contributed by atoms with van der Waals surface area (Å²) in [5.74, 6) is -0.101. The van der Waals surface area contributed by atoms with Crippen LogP contribution >= 0.6 is 0 Å². The molecule has 1 aliphatic heterocycles. The van der Waals surface area contributed by atoms with Gasteiger partial charge < -0.3 is 9.47 Å². The molecule has 30 heavy (non-hydrogen) atoms. The van der Waals surface area contributed by atoms with Crippen LogP contribution in [0.4, 0.5) is 0 Å². The number of hydrogen-bond donors (Lipinski definition) is 0. The average Bonchev–Trinajstić information content (AvgIpc) is 2.76. The van der Waals surface area contributed by atoms with Crippen LogP contribution in [0.2, 0.25) is 0 Å². The number of carbonyl (C=O) groups excluding carboxylic acids is 1. The SMILES string of the molecule is CN(C)S(=O)(=O)N1CCN(C(=O)Cn2c3ccccc3c(=O)c3ccccc32)CC1. The fourth-order valence-corrected chi connectivity index (χ4v) is 4.97. The third-order valence-electron chi connectivity index (χ3n) is 5.55. The lowest BCUT2D eigenvalue weighted by Crippen LogP contribution is -2.53. The highest BCUT2D eigenvalue weighted by atomic mass is 32.2. The van der Waals surface area contributed by atoms with Gasteiger partial charge in [-0.3, -0.25) is 9.59 Å². The van der Waals surface area contributed by atoms with Crippen molar-refractivity contribution in [3.8, 4) is 0 Å². The summed E-state index contributed by atoms with van der Waals surface area (Å²) < 4.78 is 29.0. The van der Waals surface area contributed by atoms with Crippen molar-refractivity contribution in [1.29, 1.82) is 0 Å². The Morgan fingerprint density at radius 2 is 1.40 bits per heavy atom. The summed E-state index contributed by atoms with van der Waals surface area (Å²) in [7, 11) is -0.483. The van der Waals surface area contributed by atoms with Gasteiger partial charge in [0.2, 0.25) is 5.91 Å². The van der Waals surface area contributed by atoms with E-state index in [1.165, 1.54) is 22.7 Å². The van der Waals surface area contributed by atoms with Crippen LogP contribution in [-0.2, 0) is 21.5 Å². The van der Waals surface area contributed by atoms with Crippen molar-refractivity contribution in [2.75, 3.05) is 40.3 Å². The van der Waals surface area contributed by atoms with Gasteiger partial charge >= 0.3 is 0 Å². The molecule has 4 rings (SSSR count). The molecule has 1 aliphatic rings. The summed E-state index contributed by atoms with van der Waals surface area (Å²) >= 11 is 0. The predicted octanol–water partition coefficient (Wildman–Crippen LogP) is 1.11. The van der Waals surface area contributed by atoms with Crippen molar-refractivity contribution < 1.29 is 13.2 Å². The minimum atomic E-state index is -3.48. The Morgan fingerprint density at radius 3 is 1.90 bits per heavy atom. The van der Waals surface area contributed by atoms with Crippen LogP contribution in [0.1, 0.15) is 0 Å². The quantitative estimate of drug-likeness (QED) is 0.583. The van der Waals surface area contributed by atoms with Crippen molar-refractivity contribution >= 4 is 37.9 Å². The van der Waals surface area contributed by atoms with Crippen LogP contribution < -0.4 is 5.43 Å². The molecule has 0 unspecified atom stereocenters. The molecule has 2 heterocycles. The number of piperazine rings is 1. The number of aromatic nitrogens is 1. The molecule has 0 atom stereocenters. The highest BCUT2D eigenvalue weighted by Crippen LogP contribution is 2.20. The van der Waals surface area contributed by atoms with Crippen molar-refractivity contribution in [2.45, 2.75) is 6.54 Å². The molecule has 158 valence electrons. The van der Waals surface area contributed by atoms with E-state index in [9.17, 15) is 18.0 Å². The molecule has 0 aliphatic carbocycles. The summed E-state index contributed by atoms with van der Waals surface area (Å²) in [4.78, 5) is 27.6. The molecule has 1 saturated heterocycles. The van der Waals surface area contributed by atoms with E-state index in [0.717, 1.165) is 0 Å². The first kappa shape index (κ1) is 20.5. The van der Waals surface area contributed by atoms with Gasteiger partial charge in [0.15, 0.2) is 5.43 Å². The van der Waals surface area contributed by atoms with Gasteiger partial charge in [0.1, 0.15) is 6.54 Å². The fourth-order valence-electron chi connectivity index (χ4n) is 3.88. The van der Waals surface area contributed by atoms with E-state index in [-0.39, 0.29) is 31.0 Å². The van der Waals surface area contributed by atoms with Crippen LogP contribution in [0.15, 0.2) is 53.3 Å². The van der Waals surface area contributed by atoms with Gasteiger partial charge in [0.25, 0.3) is 10.2 Å². The van der Waals surface area contributed by atoms with E-state index in [2.05, 4.69) is 0 Å². The monoisotopic (exact) mass is 428 g/mol. The summed E-state index contributed by atoms with van der Waals surface area (Å²) in [5.41, 5.74) is 1.37. The number of nitrogens with zero attached hydrogens (tertiary/aromatic N) is 4. The Balaban J connectivity index is 1.63. The third-order valence-corrected chi connectivity index (χ3v) is 7.49. The van der Waals surface area contributed by atoms with Gasteiger partial charge in [-0.2, -0.15) is 17.0 Å². The van der Waals surface area contributed by atoms with Crippen molar-refractivity contribution in [3.63, 3.8) is 0 Å². The van der Waals surface area contributed by atoms with Gasteiger partial charge in [0, 0.05) is 51.0 Å². The van der Waals surface area contributed by atoms with Crippen molar-refractivity contribution in [1.82, 2.24) is 18.1 Å². The Bertz CT molecular complexity index is 1220. The number of pyridine rings is 1. The van der Waals surface area contributed by atoms with Crippen LogP contribution in [-0.4, -0.2) is 72.7 Å². The van der Waals surface area contributed by atoms with Gasteiger partial charge in [-0.05, 0) is 24.3 Å². The number of amides is 1. The van der Waals surface area contributed by atoms with E-state index < -0.39 is 10.2 Å². The molecule has 0 spiro atoms. The van der Waals surface area contributed by atoms with Crippen LogP contribution in [0.5, 0.6) is 0 Å². The molecule has 2 aromatic carbocycles. The number of carbonyl (C=O) groups is 1. The third kappa shape index (κ3) is 3.49. The zero-order valence-electron chi connectivity index (χ0n) is 17.0. The van der Waals surface area contributed by atoms with Gasteiger partial charge in [0.05, 0.1) is 11.0 Å². The molecule has 0 saturated carbocycles. The molecule has 0 bridgehead atoms. The molecule has 1 aromatic heterocycles. The molecule has 9 heteroatoms. The lowest BCUT2D eigenvalue weighted by atomic mass is 10.1. The molecular formula is C21H24N4O4S. The highest BCUT2D eigenvalue weighted by Gasteiger charge is 2.30. The Kier molecular flexibility index (Phi) is 5.35. The molecule has 0 N–H and O–H groups in total. The maximum absolute atomic E-state index is 13.1. The standard InChI is InChI=1S/C21H24N4O4S/c1-22(2)30(28,29)24-13-11-23(12-14-24)20(26)15-25-18-9-5-3-7-16(18)21(27)17-8-4-6-10-19(17)25/h3-10H,11-15H2,1-2H3. The normalized spacial score (nSPS) is 15.9. The maximum atomic E-state index is 13.1. The summed E-state index contributed by atoms with van der Waals surface area (Å²) in [5, 5.41) is 1.15. The van der Waals surface area contributed by atoms with Gasteiger partial charge in [-0.15, -0.1) is 0 Å². The van der Waals surface area contributed by atoms with E-state index >= 15 is 0 Å². The van der Waals surface area contributed by atoms with Crippen molar-refractivity contribution in [3.05, 3.63) is 58.8 Å². The first-order chi connectivity index (χ1) is 14.3. The van der Waals surface area contributed by atoms with Crippen molar-refractivity contribution in [2.24, 2.45) is 0 Å². The second-order valence-electron chi connectivity index (χ2n) is 7.52. The van der Waals surface area contributed by atoms with E-state index in [0.29, 0.717) is 34.9 Å². The number of fused-ring (bicyclic) bond motifs is 2. The van der Waals surface area contributed by atoms with Crippen LogP contribution in [0.3, 0.4) is 0 Å². The number of benzene rings is 2. The summed E-state index contributed by atoms with van der Waals surface area (Å²) in [6, 6.07) is 14.6. The van der Waals surface area contributed by atoms with E-state index in [4.69, 9.17) is 0 Å². The largest absolute Gasteiger partial charge is 0.339 e. The number of hydrogen-bond acceptors (Lipinski definition) is 4. The first-order valence-corrected chi connectivity index (χ1v) is 11.2. The van der Waals surface area contributed by atoms with E-state index in [1.807, 2.05) is 41.0 Å². The van der Waals surface area contributed by atoms with Crippen LogP contribution in [0, 0.1) is 0 Å². The first-order valence-electron chi connectivity index (χ1n) is 9.76.